The smallest absolute Gasteiger partial charge is 0.142 e. The van der Waals surface area contributed by atoms with Crippen molar-refractivity contribution in [2.45, 2.75) is 13.3 Å². The van der Waals surface area contributed by atoms with Crippen LogP contribution in [0, 0.1) is 0 Å². The van der Waals surface area contributed by atoms with E-state index in [1.54, 1.807) is 0 Å². The van der Waals surface area contributed by atoms with E-state index in [0.29, 0.717) is 0 Å². The van der Waals surface area contributed by atoms with E-state index < -0.39 is 0 Å². The van der Waals surface area contributed by atoms with Crippen molar-refractivity contribution in [3.8, 4) is 0 Å². The highest BCUT2D eigenvalue weighted by Gasteiger charge is 1.64. The maximum absolute atomic E-state index is 9.66. The molecule has 0 spiro atoms. The normalized spacial score (nSPS) is 11.1. The first-order chi connectivity index (χ1) is 3.91. The highest BCUT2D eigenvalue weighted by atomic mass is 16.1. The zero-order valence-electron chi connectivity index (χ0n) is 5.00. The Morgan fingerprint density at radius 1 is 1.38 bits per heavy atom. The second-order valence-corrected chi connectivity index (χ2v) is 1.37. The number of hydrogen-bond acceptors (Lipinski definition) is 1. The molecular weight excluding hydrogens is 100 g/mol. The van der Waals surface area contributed by atoms with Crippen LogP contribution in [0.2, 0.25) is 0 Å². The van der Waals surface area contributed by atoms with E-state index in [-0.39, 0.29) is 0 Å². The van der Waals surface area contributed by atoms with E-state index in [9.17, 15) is 4.79 Å². The van der Waals surface area contributed by atoms with E-state index in [4.69, 9.17) is 0 Å². The van der Waals surface area contributed by atoms with Gasteiger partial charge in [-0.05, 0) is 19.4 Å². The van der Waals surface area contributed by atoms with Crippen molar-refractivity contribution < 1.29 is 4.79 Å². The molecular formula is C7H10O. The van der Waals surface area contributed by atoms with Crippen LogP contribution in [0.15, 0.2) is 24.3 Å². The molecule has 0 aliphatic rings. The van der Waals surface area contributed by atoms with Crippen LogP contribution in [0.1, 0.15) is 13.3 Å². The number of hydrogen-bond donors (Lipinski definition) is 0. The highest BCUT2D eigenvalue weighted by molar-refractivity contribution is 5.64. The van der Waals surface area contributed by atoms with Gasteiger partial charge in [-0.15, -0.1) is 0 Å². The van der Waals surface area contributed by atoms with Gasteiger partial charge in [-0.2, -0.15) is 0 Å². The molecule has 0 fully saturated rings. The molecule has 0 saturated heterocycles. The standard InChI is InChI=1S/C7H10O/c1-2-3-4-5-6-7-8/h2-3,5-7H,4H2,1H3/b3-2+,6-5+. The third-order valence-electron chi connectivity index (χ3n) is 0.723. The Hall–Kier alpha value is -0.850. The Bertz CT molecular complexity index is 101. The highest BCUT2D eigenvalue weighted by Crippen LogP contribution is 1.82. The van der Waals surface area contributed by atoms with E-state index in [0.717, 1.165) is 12.7 Å². The average Bonchev–Trinajstić information content (AvgIpc) is 1.81. The van der Waals surface area contributed by atoms with Gasteiger partial charge in [0, 0.05) is 0 Å². The number of aldehydes is 1. The molecule has 0 heterocycles. The quantitative estimate of drug-likeness (QED) is 0.307. The fourth-order valence-corrected chi connectivity index (χ4v) is 0.349. The monoisotopic (exact) mass is 110 g/mol. The lowest BCUT2D eigenvalue weighted by Gasteiger charge is -1.73. The number of allylic oxidation sites excluding steroid dienone is 4. The summed E-state index contributed by atoms with van der Waals surface area (Å²) in [6, 6.07) is 0. The van der Waals surface area contributed by atoms with Gasteiger partial charge in [-0.1, -0.05) is 18.2 Å². The molecule has 1 heteroatoms. The third-order valence-corrected chi connectivity index (χ3v) is 0.723. The van der Waals surface area contributed by atoms with Gasteiger partial charge in [-0.3, -0.25) is 4.79 Å². The van der Waals surface area contributed by atoms with Crippen LogP contribution < -0.4 is 0 Å². The first-order valence-corrected chi connectivity index (χ1v) is 2.63. The molecule has 1 nitrogen and oxygen atoms in total. The molecule has 44 valence electrons. The Labute approximate surface area is 49.7 Å². The van der Waals surface area contributed by atoms with Crippen molar-refractivity contribution >= 4 is 6.29 Å². The van der Waals surface area contributed by atoms with Crippen LogP contribution >= 0.6 is 0 Å². The van der Waals surface area contributed by atoms with E-state index in [1.807, 2.05) is 25.2 Å². The molecule has 0 aliphatic carbocycles. The summed E-state index contributed by atoms with van der Waals surface area (Å²) in [7, 11) is 0. The summed E-state index contributed by atoms with van der Waals surface area (Å²) in [6.45, 7) is 1.95. The van der Waals surface area contributed by atoms with Gasteiger partial charge in [0.2, 0.25) is 0 Å². The van der Waals surface area contributed by atoms with Gasteiger partial charge in [0.1, 0.15) is 6.29 Å². The summed E-state index contributed by atoms with van der Waals surface area (Å²) in [5.74, 6) is 0. The lowest BCUT2D eigenvalue weighted by Crippen LogP contribution is -1.59. The van der Waals surface area contributed by atoms with Gasteiger partial charge < -0.3 is 0 Å². The molecule has 0 unspecified atom stereocenters. The fraction of sp³-hybridized carbons (Fsp3) is 0.286. The largest absolute Gasteiger partial charge is 0.299 e. The zero-order valence-corrected chi connectivity index (χ0v) is 5.00. The molecule has 0 aromatic carbocycles. The average molecular weight is 110 g/mol. The van der Waals surface area contributed by atoms with Crippen LogP contribution in [0.25, 0.3) is 0 Å². The van der Waals surface area contributed by atoms with Crippen molar-refractivity contribution in [1.29, 1.82) is 0 Å². The summed E-state index contributed by atoms with van der Waals surface area (Å²) in [4.78, 5) is 9.66. The minimum atomic E-state index is 0.781. The summed E-state index contributed by atoms with van der Waals surface area (Å²) in [5.41, 5.74) is 0. The van der Waals surface area contributed by atoms with Crippen molar-refractivity contribution in [2.24, 2.45) is 0 Å². The molecule has 8 heavy (non-hydrogen) atoms. The van der Waals surface area contributed by atoms with Crippen LogP contribution in [0.5, 0.6) is 0 Å². The van der Waals surface area contributed by atoms with Crippen LogP contribution in [-0.4, -0.2) is 6.29 Å². The summed E-state index contributed by atoms with van der Waals surface area (Å²) >= 11 is 0. The van der Waals surface area contributed by atoms with E-state index in [2.05, 4.69) is 0 Å². The first kappa shape index (κ1) is 7.15. The Morgan fingerprint density at radius 2 is 2.12 bits per heavy atom. The van der Waals surface area contributed by atoms with E-state index >= 15 is 0 Å². The SMILES string of the molecule is C/C=C/C/C=C/C=O. The van der Waals surface area contributed by atoms with Crippen molar-refractivity contribution in [3.05, 3.63) is 24.3 Å². The topological polar surface area (TPSA) is 17.1 Å². The van der Waals surface area contributed by atoms with Gasteiger partial charge in [-0.25, -0.2) is 0 Å². The summed E-state index contributed by atoms with van der Waals surface area (Å²) in [6.07, 6.45) is 8.89. The minimum Gasteiger partial charge on any atom is -0.299 e. The Balaban J connectivity index is 3.15. The maximum atomic E-state index is 9.66. The number of carbonyl (C=O) groups is 1. The van der Waals surface area contributed by atoms with Crippen LogP contribution in [0.4, 0.5) is 0 Å². The molecule has 0 amide bonds. The maximum Gasteiger partial charge on any atom is 0.142 e. The summed E-state index contributed by atoms with van der Waals surface area (Å²) in [5, 5.41) is 0. The van der Waals surface area contributed by atoms with Gasteiger partial charge >= 0.3 is 0 Å². The van der Waals surface area contributed by atoms with E-state index in [1.165, 1.54) is 6.08 Å². The molecule has 0 rings (SSSR count). The molecule has 0 aromatic heterocycles. The van der Waals surface area contributed by atoms with Crippen molar-refractivity contribution in [2.75, 3.05) is 0 Å². The Kier molecular flexibility index (Phi) is 5.50. The second kappa shape index (κ2) is 6.15. The fourth-order valence-electron chi connectivity index (χ4n) is 0.349. The first-order valence-electron chi connectivity index (χ1n) is 2.63. The lowest BCUT2D eigenvalue weighted by atomic mass is 10.3. The molecule has 0 aliphatic heterocycles. The molecule has 0 N–H and O–H groups in total. The zero-order chi connectivity index (χ0) is 6.24. The van der Waals surface area contributed by atoms with Crippen molar-refractivity contribution in [3.63, 3.8) is 0 Å². The predicted molar refractivity (Wildman–Crippen MR) is 34.6 cm³/mol. The van der Waals surface area contributed by atoms with Crippen LogP contribution in [-0.2, 0) is 4.79 Å². The van der Waals surface area contributed by atoms with Crippen LogP contribution in [0.3, 0.4) is 0 Å². The van der Waals surface area contributed by atoms with Gasteiger partial charge in [0.05, 0.1) is 0 Å². The lowest BCUT2D eigenvalue weighted by molar-refractivity contribution is -0.104. The molecule has 0 bridgehead atoms. The summed E-state index contributed by atoms with van der Waals surface area (Å²) < 4.78 is 0. The van der Waals surface area contributed by atoms with Gasteiger partial charge in [0.25, 0.3) is 0 Å². The molecule has 0 aromatic rings. The third kappa shape index (κ3) is 5.15. The molecule has 0 radical (unpaired) electrons. The Morgan fingerprint density at radius 3 is 2.62 bits per heavy atom. The molecule has 0 saturated carbocycles. The second-order valence-electron chi connectivity index (χ2n) is 1.37. The van der Waals surface area contributed by atoms with Crippen molar-refractivity contribution in [1.82, 2.24) is 0 Å². The minimum absolute atomic E-state index is 0.781. The molecule has 0 atom stereocenters. The number of carbonyl (C=O) groups excluding carboxylic acids is 1. The van der Waals surface area contributed by atoms with Gasteiger partial charge in [0.15, 0.2) is 0 Å². The number of rotatable bonds is 3. The predicted octanol–water partition coefficient (Wildman–Crippen LogP) is 1.71.